The van der Waals surface area contributed by atoms with Crippen LogP contribution in [0.4, 0.5) is 0 Å². The second-order valence-corrected chi connectivity index (χ2v) is 5.89. The summed E-state index contributed by atoms with van der Waals surface area (Å²) in [6.07, 6.45) is 3.37. The normalized spacial score (nSPS) is 12.5. The molecule has 1 N–H and O–H groups in total. The molecule has 25 heavy (non-hydrogen) atoms. The van der Waals surface area contributed by atoms with Gasteiger partial charge < -0.3 is 14.6 Å². The second-order valence-electron chi connectivity index (χ2n) is 5.89. The summed E-state index contributed by atoms with van der Waals surface area (Å²) in [7, 11) is 0. The van der Waals surface area contributed by atoms with Crippen LogP contribution < -0.4 is 4.74 Å². The first-order valence-corrected chi connectivity index (χ1v) is 8.41. The Kier molecular flexibility index (Phi) is 6.21. The first-order chi connectivity index (χ1) is 12.3. The van der Waals surface area contributed by atoms with E-state index in [-0.39, 0.29) is 0 Å². The van der Waals surface area contributed by atoms with Gasteiger partial charge in [-0.1, -0.05) is 60.7 Å². The summed E-state index contributed by atoms with van der Waals surface area (Å²) in [5, 5.41) is 12.3. The lowest BCUT2D eigenvalue weighted by Gasteiger charge is -2.09. The summed E-state index contributed by atoms with van der Waals surface area (Å²) in [5.41, 5.74) is 1.10. The SMILES string of the molecule is OC(C/C=C/Oc1ccc2ccccc2c1)COCc1ccccc1. The van der Waals surface area contributed by atoms with Gasteiger partial charge in [0, 0.05) is 0 Å². The second kappa shape index (κ2) is 9.02. The third-order valence-corrected chi connectivity index (χ3v) is 3.85. The van der Waals surface area contributed by atoms with Crippen LogP contribution >= 0.6 is 0 Å². The number of ether oxygens (including phenoxy) is 2. The molecule has 128 valence electrons. The molecule has 0 aliphatic carbocycles. The highest BCUT2D eigenvalue weighted by molar-refractivity contribution is 5.83. The van der Waals surface area contributed by atoms with Crippen LogP contribution in [0.3, 0.4) is 0 Å². The van der Waals surface area contributed by atoms with Gasteiger partial charge in [0.25, 0.3) is 0 Å². The Labute approximate surface area is 148 Å². The molecular formula is C22H22O3. The molecule has 0 aliphatic rings. The lowest BCUT2D eigenvalue weighted by Crippen LogP contribution is -2.14. The predicted octanol–water partition coefficient (Wildman–Crippen LogP) is 4.70. The van der Waals surface area contributed by atoms with E-state index < -0.39 is 6.10 Å². The molecule has 0 bridgehead atoms. The summed E-state index contributed by atoms with van der Waals surface area (Å²) >= 11 is 0. The van der Waals surface area contributed by atoms with Crippen molar-refractivity contribution in [3.63, 3.8) is 0 Å². The number of hydrogen-bond acceptors (Lipinski definition) is 3. The molecule has 0 fully saturated rings. The lowest BCUT2D eigenvalue weighted by molar-refractivity contribution is 0.0299. The van der Waals surface area contributed by atoms with Gasteiger partial charge in [0.05, 0.1) is 25.6 Å². The Bertz CT molecular complexity index is 812. The van der Waals surface area contributed by atoms with Gasteiger partial charge in [0.15, 0.2) is 0 Å². The molecule has 0 amide bonds. The first kappa shape index (κ1) is 17.2. The highest BCUT2D eigenvalue weighted by Crippen LogP contribution is 2.20. The summed E-state index contributed by atoms with van der Waals surface area (Å²) in [5.74, 6) is 0.782. The number of aliphatic hydroxyl groups is 1. The van der Waals surface area contributed by atoms with Crippen molar-refractivity contribution in [2.24, 2.45) is 0 Å². The van der Waals surface area contributed by atoms with Crippen LogP contribution in [-0.2, 0) is 11.3 Å². The maximum atomic E-state index is 9.93. The van der Waals surface area contributed by atoms with Crippen molar-refractivity contribution in [2.75, 3.05) is 6.61 Å². The molecule has 1 unspecified atom stereocenters. The van der Waals surface area contributed by atoms with Gasteiger partial charge in [0.2, 0.25) is 0 Å². The molecule has 3 aromatic rings. The van der Waals surface area contributed by atoms with Gasteiger partial charge in [-0.05, 0) is 41.0 Å². The van der Waals surface area contributed by atoms with Crippen LogP contribution in [0.5, 0.6) is 5.75 Å². The zero-order valence-corrected chi connectivity index (χ0v) is 14.0. The summed E-state index contributed by atoms with van der Waals surface area (Å²) in [4.78, 5) is 0. The fourth-order valence-corrected chi connectivity index (χ4v) is 2.54. The summed E-state index contributed by atoms with van der Waals surface area (Å²) in [6, 6.07) is 24.0. The molecule has 3 heteroatoms. The monoisotopic (exact) mass is 334 g/mol. The third kappa shape index (κ3) is 5.45. The van der Waals surface area contributed by atoms with Gasteiger partial charge in [-0.15, -0.1) is 0 Å². The van der Waals surface area contributed by atoms with Gasteiger partial charge in [-0.3, -0.25) is 0 Å². The van der Waals surface area contributed by atoms with Crippen molar-refractivity contribution in [3.05, 3.63) is 90.7 Å². The van der Waals surface area contributed by atoms with Crippen LogP contribution in [0, 0.1) is 0 Å². The quantitative estimate of drug-likeness (QED) is 0.607. The zero-order chi connectivity index (χ0) is 17.3. The Morgan fingerprint density at radius 2 is 1.64 bits per heavy atom. The highest BCUT2D eigenvalue weighted by Gasteiger charge is 2.02. The zero-order valence-electron chi connectivity index (χ0n) is 14.0. The summed E-state index contributed by atoms with van der Waals surface area (Å²) in [6.45, 7) is 0.810. The van der Waals surface area contributed by atoms with E-state index in [0.717, 1.165) is 16.7 Å². The molecule has 0 heterocycles. The third-order valence-electron chi connectivity index (χ3n) is 3.85. The smallest absolute Gasteiger partial charge is 0.127 e. The van der Waals surface area contributed by atoms with Crippen molar-refractivity contribution >= 4 is 10.8 Å². The van der Waals surface area contributed by atoms with Crippen molar-refractivity contribution in [1.82, 2.24) is 0 Å². The minimum Gasteiger partial charge on any atom is -0.465 e. The van der Waals surface area contributed by atoms with Gasteiger partial charge in [-0.2, -0.15) is 0 Å². The molecule has 0 saturated heterocycles. The Balaban J connectivity index is 1.39. The van der Waals surface area contributed by atoms with E-state index in [2.05, 4.69) is 12.1 Å². The van der Waals surface area contributed by atoms with Crippen molar-refractivity contribution in [1.29, 1.82) is 0 Å². The highest BCUT2D eigenvalue weighted by atomic mass is 16.5. The van der Waals surface area contributed by atoms with E-state index in [1.807, 2.05) is 66.7 Å². The van der Waals surface area contributed by atoms with E-state index >= 15 is 0 Å². The lowest BCUT2D eigenvalue weighted by atomic mass is 10.1. The Hall–Kier alpha value is -2.62. The van der Waals surface area contributed by atoms with Crippen molar-refractivity contribution in [2.45, 2.75) is 19.1 Å². The predicted molar refractivity (Wildman–Crippen MR) is 100 cm³/mol. The fourth-order valence-electron chi connectivity index (χ4n) is 2.54. The molecule has 0 saturated carbocycles. The first-order valence-electron chi connectivity index (χ1n) is 8.41. The van der Waals surface area contributed by atoms with Crippen LogP contribution in [0.15, 0.2) is 85.1 Å². The van der Waals surface area contributed by atoms with Gasteiger partial charge in [-0.25, -0.2) is 0 Å². The van der Waals surface area contributed by atoms with E-state index in [1.54, 1.807) is 6.26 Å². The topological polar surface area (TPSA) is 38.7 Å². The van der Waals surface area contributed by atoms with Crippen LogP contribution in [0.1, 0.15) is 12.0 Å². The maximum Gasteiger partial charge on any atom is 0.127 e. The maximum absolute atomic E-state index is 9.93. The molecule has 0 radical (unpaired) electrons. The van der Waals surface area contributed by atoms with E-state index in [0.29, 0.717) is 19.6 Å². The number of benzene rings is 3. The number of fused-ring (bicyclic) bond motifs is 1. The molecule has 0 aromatic heterocycles. The molecular weight excluding hydrogens is 312 g/mol. The van der Waals surface area contributed by atoms with E-state index in [4.69, 9.17) is 9.47 Å². The standard InChI is InChI=1S/C22H22O3/c23-21(17-24-16-18-7-2-1-3-8-18)11-6-14-25-22-13-12-19-9-4-5-10-20(19)15-22/h1-10,12-15,21,23H,11,16-17H2/b14-6+. The Morgan fingerprint density at radius 1 is 0.880 bits per heavy atom. The number of hydrogen-bond donors (Lipinski definition) is 1. The molecule has 0 aliphatic heterocycles. The molecule has 3 rings (SSSR count). The minimum absolute atomic E-state index is 0.301. The van der Waals surface area contributed by atoms with Crippen LogP contribution in [-0.4, -0.2) is 17.8 Å². The van der Waals surface area contributed by atoms with E-state index in [9.17, 15) is 5.11 Å². The molecule has 1 atom stereocenters. The van der Waals surface area contributed by atoms with Crippen molar-refractivity contribution in [3.8, 4) is 5.75 Å². The summed E-state index contributed by atoms with van der Waals surface area (Å²) < 4.78 is 11.1. The molecule has 3 aromatic carbocycles. The van der Waals surface area contributed by atoms with Gasteiger partial charge >= 0.3 is 0 Å². The molecule has 3 nitrogen and oxygen atoms in total. The average Bonchev–Trinajstić information content (AvgIpc) is 2.66. The average molecular weight is 334 g/mol. The number of aliphatic hydroxyl groups excluding tert-OH is 1. The van der Waals surface area contributed by atoms with Crippen molar-refractivity contribution < 1.29 is 14.6 Å². The molecule has 0 spiro atoms. The fraction of sp³-hybridized carbons (Fsp3) is 0.182. The van der Waals surface area contributed by atoms with Gasteiger partial charge in [0.1, 0.15) is 5.75 Å². The van der Waals surface area contributed by atoms with Crippen LogP contribution in [0.25, 0.3) is 10.8 Å². The number of rotatable bonds is 8. The minimum atomic E-state index is -0.542. The van der Waals surface area contributed by atoms with Crippen LogP contribution in [0.2, 0.25) is 0 Å². The Morgan fingerprint density at radius 3 is 2.48 bits per heavy atom. The largest absolute Gasteiger partial charge is 0.465 e. The van der Waals surface area contributed by atoms with E-state index in [1.165, 1.54) is 5.39 Å².